The number of aliphatic hydroxyl groups is 4. The van der Waals surface area contributed by atoms with Crippen LogP contribution in [0.5, 0.6) is 5.75 Å². The summed E-state index contributed by atoms with van der Waals surface area (Å²) < 4.78 is 5.19. The van der Waals surface area contributed by atoms with Crippen LogP contribution in [0.1, 0.15) is 42.6 Å². The number of aliphatic hydroxyl groups excluding tert-OH is 3. The molecule has 0 unspecified atom stereocenters. The lowest BCUT2D eigenvalue weighted by atomic mass is 9.55. The van der Waals surface area contributed by atoms with Gasteiger partial charge in [-0.25, -0.2) is 0 Å². The van der Waals surface area contributed by atoms with Gasteiger partial charge in [-0.2, -0.15) is 0 Å². The maximum Gasteiger partial charge on any atom is 0.308 e. The fourth-order valence-corrected chi connectivity index (χ4v) is 6.01. The second-order valence-corrected chi connectivity index (χ2v) is 10.0. The summed E-state index contributed by atoms with van der Waals surface area (Å²) in [6.45, 7) is 3.80. The van der Waals surface area contributed by atoms with Crippen molar-refractivity contribution < 1.29 is 49.1 Å². The van der Waals surface area contributed by atoms with Crippen molar-refractivity contribution in [3.05, 3.63) is 52.0 Å². The predicted molar refractivity (Wildman–Crippen MR) is 129 cm³/mol. The normalized spacial score (nSPS) is 30.5. The first kappa shape index (κ1) is 27.2. The first-order valence-corrected chi connectivity index (χ1v) is 11.8. The van der Waals surface area contributed by atoms with Crippen molar-refractivity contribution in [2.75, 3.05) is 14.1 Å². The summed E-state index contributed by atoms with van der Waals surface area (Å²) >= 11 is 0. The second kappa shape index (κ2) is 9.15. The fourth-order valence-electron chi connectivity index (χ4n) is 6.01. The average molecular weight is 529 g/mol. The number of likely N-dealkylation sites (N-methyl/N-ethyl adjacent to an activating group) is 1. The Bertz CT molecular complexity index is 1360. The molecule has 0 heterocycles. The molecule has 12 nitrogen and oxygen atoms in total. The van der Waals surface area contributed by atoms with Gasteiger partial charge in [0.05, 0.1) is 23.6 Å². The highest BCUT2D eigenvalue weighted by atomic mass is 16.5. The standard InChI is InChI=1S/C26H28N2O10/c1-9-12-7-6-8-13(38-11(3)30)15(12)20(31)16-14(9)21(32)18-19(28(4)5)22(33)17(25(36)27-10(2)29)24(35)26(18,37)23(16)34/h6-9,14,18-19,21,32-34,37H,1-5H3,(H,27,29,36)/t9-,14+,18+,19-,21-,26-/m0/s1. The molecule has 3 aliphatic rings. The van der Waals surface area contributed by atoms with Crippen LogP contribution >= 0.6 is 0 Å². The molecule has 0 fully saturated rings. The van der Waals surface area contributed by atoms with Gasteiger partial charge in [0.25, 0.3) is 5.91 Å². The second-order valence-electron chi connectivity index (χ2n) is 10.0. The number of nitrogens with zero attached hydrogens (tertiary/aromatic N) is 1. The molecule has 0 aromatic heterocycles. The van der Waals surface area contributed by atoms with Crippen molar-refractivity contribution in [1.82, 2.24) is 10.2 Å². The van der Waals surface area contributed by atoms with Gasteiger partial charge in [-0.3, -0.25) is 34.2 Å². The number of ether oxygens (including phenoxy) is 1. The lowest BCUT2D eigenvalue weighted by Crippen LogP contribution is -2.68. The van der Waals surface area contributed by atoms with Crippen molar-refractivity contribution in [2.45, 2.75) is 44.4 Å². The van der Waals surface area contributed by atoms with E-state index in [1.54, 1.807) is 19.1 Å². The predicted octanol–water partition coefficient (Wildman–Crippen LogP) is 0.0495. The van der Waals surface area contributed by atoms with E-state index >= 15 is 0 Å². The van der Waals surface area contributed by atoms with Gasteiger partial charge < -0.3 is 25.2 Å². The van der Waals surface area contributed by atoms with Gasteiger partial charge >= 0.3 is 5.97 Å². The van der Waals surface area contributed by atoms with Crippen molar-refractivity contribution in [2.24, 2.45) is 11.8 Å². The van der Waals surface area contributed by atoms with Crippen molar-refractivity contribution >= 4 is 29.4 Å². The van der Waals surface area contributed by atoms with E-state index in [0.29, 0.717) is 5.56 Å². The highest BCUT2D eigenvalue weighted by Crippen LogP contribution is 2.55. The van der Waals surface area contributed by atoms with Crippen molar-refractivity contribution in [3.63, 3.8) is 0 Å². The summed E-state index contributed by atoms with van der Waals surface area (Å²) in [5.74, 6) is -10.7. The molecule has 0 saturated carbocycles. The topological polar surface area (TPSA) is 191 Å². The highest BCUT2D eigenvalue weighted by Gasteiger charge is 2.67. The number of ketones is 2. The third-order valence-corrected chi connectivity index (χ3v) is 7.50. The third-order valence-electron chi connectivity index (χ3n) is 7.50. The summed E-state index contributed by atoms with van der Waals surface area (Å²) in [4.78, 5) is 64.6. The molecule has 6 atom stereocenters. The van der Waals surface area contributed by atoms with Crippen LogP contribution < -0.4 is 10.1 Å². The van der Waals surface area contributed by atoms with Crippen LogP contribution in [0.2, 0.25) is 0 Å². The number of rotatable bonds is 3. The summed E-state index contributed by atoms with van der Waals surface area (Å²) in [6, 6.07) is 3.16. The summed E-state index contributed by atoms with van der Waals surface area (Å²) in [5.41, 5.74) is -4.16. The van der Waals surface area contributed by atoms with Gasteiger partial charge in [-0.15, -0.1) is 0 Å². The molecule has 0 bridgehead atoms. The van der Waals surface area contributed by atoms with Gasteiger partial charge in [-0.05, 0) is 31.6 Å². The Balaban J connectivity index is 2.00. The molecule has 0 radical (unpaired) electrons. The number of imide groups is 1. The SMILES string of the molecule is CC(=O)NC(=O)C1=C(O)[C@@H](N(C)C)[C@@H]2[C@@H](O)[C@H]3C(=C(O)[C@]2(O)C1=O)C(=O)c1c(OC(C)=O)cccc1[C@@H]3C. The van der Waals surface area contributed by atoms with Crippen LogP contribution in [-0.4, -0.2) is 86.5 Å². The number of carbonyl (C=O) groups is 5. The molecule has 1 aromatic rings. The minimum atomic E-state index is -3.01. The van der Waals surface area contributed by atoms with Crippen molar-refractivity contribution in [1.29, 1.82) is 0 Å². The van der Waals surface area contributed by atoms with E-state index < -0.39 is 87.5 Å². The van der Waals surface area contributed by atoms with Gasteiger partial charge in [-0.1, -0.05) is 19.1 Å². The first-order chi connectivity index (χ1) is 17.7. The zero-order valence-electron chi connectivity index (χ0n) is 21.3. The number of Topliss-reactive ketones (excluding diaryl/α,β-unsaturated/α-hetero) is 2. The van der Waals surface area contributed by atoms with E-state index in [1.807, 2.05) is 5.32 Å². The third kappa shape index (κ3) is 3.67. The van der Waals surface area contributed by atoms with Gasteiger partial charge in [0, 0.05) is 25.3 Å². The summed E-state index contributed by atoms with van der Waals surface area (Å²) in [6.07, 6.45) is -1.67. The number of benzene rings is 1. The van der Waals surface area contributed by atoms with Crippen molar-refractivity contribution in [3.8, 4) is 5.75 Å². The molecule has 0 saturated heterocycles. The number of esters is 1. The van der Waals surface area contributed by atoms with E-state index in [9.17, 15) is 44.4 Å². The summed E-state index contributed by atoms with van der Waals surface area (Å²) in [7, 11) is 2.91. The number of hydrogen-bond donors (Lipinski definition) is 5. The molecule has 0 aliphatic heterocycles. The molecule has 2 amide bonds. The van der Waals surface area contributed by atoms with E-state index in [4.69, 9.17) is 4.74 Å². The van der Waals surface area contributed by atoms with Crippen LogP contribution in [-0.2, 0) is 19.2 Å². The molecule has 202 valence electrons. The van der Waals surface area contributed by atoms with Crippen LogP contribution in [0.25, 0.3) is 0 Å². The lowest BCUT2D eigenvalue weighted by molar-refractivity contribution is -0.162. The Morgan fingerprint density at radius 3 is 2.29 bits per heavy atom. The quantitative estimate of drug-likeness (QED) is 0.202. The van der Waals surface area contributed by atoms with Crippen LogP contribution in [0.15, 0.2) is 40.9 Å². The fraction of sp³-hybridized carbons (Fsp3) is 0.423. The molecule has 1 aromatic carbocycles. The molecule has 5 N–H and O–H groups in total. The number of amides is 2. The molecule has 0 spiro atoms. The number of hydrogen-bond acceptors (Lipinski definition) is 11. The average Bonchev–Trinajstić information content (AvgIpc) is 2.80. The lowest BCUT2D eigenvalue weighted by Gasteiger charge is -2.53. The number of carbonyl (C=O) groups excluding carboxylic acids is 5. The van der Waals surface area contributed by atoms with Gasteiger partial charge in [0.2, 0.25) is 11.7 Å². The van der Waals surface area contributed by atoms with Crippen LogP contribution in [0, 0.1) is 11.8 Å². The van der Waals surface area contributed by atoms with Crippen LogP contribution in [0.3, 0.4) is 0 Å². The van der Waals surface area contributed by atoms with E-state index in [0.717, 1.165) is 13.8 Å². The molecule has 38 heavy (non-hydrogen) atoms. The molecular formula is C26H28N2O10. The van der Waals surface area contributed by atoms with Gasteiger partial charge in [0.15, 0.2) is 11.4 Å². The molecule has 12 heteroatoms. The molecule has 4 rings (SSSR count). The van der Waals surface area contributed by atoms with Crippen LogP contribution in [0.4, 0.5) is 0 Å². The summed E-state index contributed by atoms with van der Waals surface area (Å²) in [5, 5.41) is 47.7. The van der Waals surface area contributed by atoms with E-state index in [-0.39, 0.29) is 11.3 Å². The number of fused-ring (bicyclic) bond motifs is 3. The van der Waals surface area contributed by atoms with E-state index in [1.165, 1.54) is 25.1 Å². The maximum atomic E-state index is 13.8. The number of nitrogens with one attached hydrogen (secondary N) is 1. The Kier molecular flexibility index (Phi) is 6.54. The Labute approximate surface area is 217 Å². The molecular weight excluding hydrogens is 500 g/mol. The Morgan fingerprint density at radius 2 is 1.74 bits per heavy atom. The smallest absolute Gasteiger partial charge is 0.308 e. The largest absolute Gasteiger partial charge is 0.510 e. The maximum absolute atomic E-state index is 13.8. The minimum Gasteiger partial charge on any atom is -0.510 e. The minimum absolute atomic E-state index is 0.0809. The zero-order valence-corrected chi connectivity index (χ0v) is 21.3. The first-order valence-electron chi connectivity index (χ1n) is 11.8. The highest BCUT2D eigenvalue weighted by molar-refractivity contribution is 6.27. The Morgan fingerprint density at radius 1 is 1.11 bits per heavy atom. The zero-order chi connectivity index (χ0) is 28.4. The van der Waals surface area contributed by atoms with Gasteiger partial charge in [0.1, 0.15) is 22.8 Å². The van der Waals surface area contributed by atoms with E-state index in [2.05, 4.69) is 0 Å². The monoisotopic (exact) mass is 528 g/mol. The molecule has 3 aliphatic carbocycles. The Hall–Kier alpha value is -3.87.